The van der Waals surface area contributed by atoms with E-state index in [2.05, 4.69) is 22.3 Å². The van der Waals surface area contributed by atoms with E-state index in [0.717, 1.165) is 23.5 Å². The van der Waals surface area contributed by atoms with E-state index in [-0.39, 0.29) is 0 Å². The molecule has 0 bridgehead atoms. The van der Waals surface area contributed by atoms with Crippen LogP contribution in [0, 0.1) is 6.92 Å². The second-order valence-corrected chi connectivity index (χ2v) is 5.35. The predicted molar refractivity (Wildman–Crippen MR) is 88.1 cm³/mol. The van der Waals surface area contributed by atoms with Crippen LogP contribution >= 0.6 is 0 Å². The summed E-state index contributed by atoms with van der Waals surface area (Å²) < 4.78 is 12.4. The second kappa shape index (κ2) is 7.11. The minimum Gasteiger partial charge on any atom is -0.444 e. The van der Waals surface area contributed by atoms with E-state index in [1.807, 2.05) is 35.1 Å². The lowest BCUT2D eigenvalue weighted by atomic mass is 10.1. The average Bonchev–Trinajstić information content (AvgIpc) is 3.21. The largest absolute Gasteiger partial charge is 0.444 e. The van der Waals surface area contributed by atoms with Gasteiger partial charge in [0, 0.05) is 18.9 Å². The molecule has 0 unspecified atom stereocenters. The Bertz CT molecular complexity index is 746. The number of methoxy groups -OCH3 is 1. The van der Waals surface area contributed by atoms with Gasteiger partial charge in [-0.2, -0.15) is 5.10 Å². The summed E-state index contributed by atoms with van der Waals surface area (Å²) in [4.78, 5) is 4.51. The fraction of sp³-hybridized carbons (Fsp3) is 0.294. The number of hydrogen-bond acceptors (Lipinski definition) is 5. The zero-order valence-electron chi connectivity index (χ0n) is 13.3. The molecule has 0 fully saturated rings. The van der Waals surface area contributed by atoms with Crippen LogP contribution in [0.4, 0.5) is 5.69 Å². The zero-order valence-corrected chi connectivity index (χ0v) is 13.3. The van der Waals surface area contributed by atoms with Crippen molar-refractivity contribution in [1.82, 2.24) is 14.8 Å². The van der Waals surface area contributed by atoms with Crippen molar-refractivity contribution in [3.63, 3.8) is 0 Å². The number of ether oxygens (including phenoxy) is 1. The molecular weight excluding hydrogens is 292 g/mol. The van der Waals surface area contributed by atoms with E-state index < -0.39 is 0 Å². The molecule has 2 heterocycles. The van der Waals surface area contributed by atoms with Crippen LogP contribution in [0.5, 0.6) is 0 Å². The second-order valence-electron chi connectivity index (χ2n) is 5.35. The van der Waals surface area contributed by atoms with Crippen molar-refractivity contribution in [2.75, 3.05) is 19.0 Å². The predicted octanol–water partition coefficient (Wildman–Crippen LogP) is 3.11. The van der Waals surface area contributed by atoms with Crippen molar-refractivity contribution < 1.29 is 9.15 Å². The molecule has 0 aliphatic carbocycles. The Morgan fingerprint density at radius 1 is 1.26 bits per heavy atom. The number of hydrogen-bond donors (Lipinski definition) is 1. The van der Waals surface area contributed by atoms with Gasteiger partial charge in [-0.1, -0.05) is 17.7 Å². The first-order chi connectivity index (χ1) is 11.2. The molecule has 2 aromatic heterocycles. The molecule has 0 aliphatic heterocycles. The third kappa shape index (κ3) is 3.98. The zero-order chi connectivity index (χ0) is 16.1. The Balaban J connectivity index is 1.58. The van der Waals surface area contributed by atoms with E-state index in [9.17, 15) is 0 Å². The number of rotatable bonds is 7. The van der Waals surface area contributed by atoms with Crippen molar-refractivity contribution in [3.05, 3.63) is 54.2 Å². The highest BCUT2D eigenvalue weighted by molar-refractivity contribution is 5.53. The minimum absolute atomic E-state index is 0.589. The van der Waals surface area contributed by atoms with Gasteiger partial charge in [-0.05, 0) is 19.1 Å². The molecule has 3 rings (SSSR count). The number of nitrogens with one attached hydrogen (secondary N) is 1. The number of nitrogens with zero attached hydrogens (tertiary/aromatic N) is 3. The monoisotopic (exact) mass is 312 g/mol. The van der Waals surface area contributed by atoms with E-state index in [4.69, 9.17) is 9.15 Å². The lowest BCUT2D eigenvalue weighted by Gasteiger charge is -2.00. The molecule has 6 nitrogen and oxygen atoms in total. The molecule has 0 saturated heterocycles. The summed E-state index contributed by atoms with van der Waals surface area (Å²) in [5, 5.41) is 7.54. The van der Waals surface area contributed by atoms with Crippen LogP contribution in [0.15, 0.2) is 47.3 Å². The lowest BCUT2D eigenvalue weighted by Crippen LogP contribution is -2.04. The lowest BCUT2D eigenvalue weighted by molar-refractivity contribution is 0.183. The van der Waals surface area contributed by atoms with Crippen LogP contribution in [-0.2, 0) is 17.8 Å². The molecule has 120 valence electrons. The summed E-state index contributed by atoms with van der Waals surface area (Å²) in [6.45, 7) is 4.02. The first-order valence-electron chi connectivity index (χ1n) is 7.51. The van der Waals surface area contributed by atoms with Crippen LogP contribution in [0.2, 0.25) is 0 Å². The summed E-state index contributed by atoms with van der Waals surface area (Å²) >= 11 is 0. The van der Waals surface area contributed by atoms with Crippen molar-refractivity contribution >= 4 is 5.69 Å². The smallest absolute Gasteiger partial charge is 0.226 e. The third-order valence-electron chi connectivity index (χ3n) is 3.48. The third-order valence-corrected chi connectivity index (χ3v) is 3.48. The SMILES string of the molecule is COCCn1cc(NCc2coc(-c3ccc(C)cc3)n2)cn1. The maximum atomic E-state index is 5.55. The Morgan fingerprint density at radius 3 is 2.87 bits per heavy atom. The van der Waals surface area contributed by atoms with Crippen LogP contribution in [0.25, 0.3) is 11.5 Å². The van der Waals surface area contributed by atoms with Gasteiger partial charge in [-0.15, -0.1) is 0 Å². The standard InChI is InChI=1S/C17H20N4O2/c1-13-3-5-14(6-4-13)17-20-16(12-23-17)9-18-15-10-19-21(11-15)7-8-22-2/h3-6,10-12,18H,7-9H2,1-2H3. The molecule has 0 saturated carbocycles. The highest BCUT2D eigenvalue weighted by Gasteiger charge is 2.07. The summed E-state index contributed by atoms with van der Waals surface area (Å²) in [6, 6.07) is 8.12. The topological polar surface area (TPSA) is 65.1 Å². The van der Waals surface area contributed by atoms with Gasteiger partial charge in [0.25, 0.3) is 0 Å². The fourth-order valence-electron chi connectivity index (χ4n) is 2.17. The molecule has 23 heavy (non-hydrogen) atoms. The Labute approximate surface area is 135 Å². The van der Waals surface area contributed by atoms with Crippen molar-refractivity contribution in [3.8, 4) is 11.5 Å². The quantitative estimate of drug-likeness (QED) is 0.726. The highest BCUT2D eigenvalue weighted by Crippen LogP contribution is 2.19. The van der Waals surface area contributed by atoms with Crippen LogP contribution in [-0.4, -0.2) is 28.5 Å². The van der Waals surface area contributed by atoms with Gasteiger partial charge in [0.1, 0.15) is 6.26 Å². The minimum atomic E-state index is 0.589. The van der Waals surface area contributed by atoms with Crippen LogP contribution < -0.4 is 5.32 Å². The maximum Gasteiger partial charge on any atom is 0.226 e. The molecule has 6 heteroatoms. The summed E-state index contributed by atoms with van der Waals surface area (Å²) in [6.07, 6.45) is 5.41. The van der Waals surface area contributed by atoms with Crippen molar-refractivity contribution in [1.29, 1.82) is 0 Å². The number of benzene rings is 1. The first-order valence-corrected chi connectivity index (χ1v) is 7.51. The molecule has 1 N–H and O–H groups in total. The van der Waals surface area contributed by atoms with E-state index in [0.29, 0.717) is 19.0 Å². The van der Waals surface area contributed by atoms with E-state index >= 15 is 0 Å². The molecule has 3 aromatic rings. The van der Waals surface area contributed by atoms with Crippen LogP contribution in [0.1, 0.15) is 11.3 Å². The molecule has 0 spiro atoms. The normalized spacial score (nSPS) is 10.9. The summed E-state index contributed by atoms with van der Waals surface area (Å²) in [5.74, 6) is 0.637. The fourth-order valence-corrected chi connectivity index (χ4v) is 2.17. The van der Waals surface area contributed by atoms with Crippen LogP contribution in [0.3, 0.4) is 0 Å². The Morgan fingerprint density at radius 2 is 2.09 bits per heavy atom. The summed E-state index contributed by atoms with van der Waals surface area (Å²) in [5.41, 5.74) is 3.99. The number of anilines is 1. The van der Waals surface area contributed by atoms with Gasteiger partial charge in [0.2, 0.25) is 5.89 Å². The number of oxazole rings is 1. The molecule has 1 aromatic carbocycles. The molecule has 0 amide bonds. The average molecular weight is 312 g/mol. The Hall–Kier alpha value is -2.60. The molecule has 0 radical (unpaired) electrons. The molecule has 0 atom stereocenters. The summed E-state index contributed by atoms with van der Waals surface area (Å²) in [7, 11) is 1.68. The van der Waals surface area contributed by atoms with Gasteiger partial charge in [-0.3, -0.25) is 4.68 Å². The van der Waals surface area contributed by atoms with Crippen molar-refractivity contribution in [2.24, 2.45) is 0 Å². The van der Waals surface area contributed by atoms with E-state index in [1.54, 1.807) is 19.6 Å². The highest BCUT2D eigenvalue weighted by atomic mass is 16.5. The van der Waals surface area contributed by atoms with Gasteiger partial charge in [0.15, 0.2) is 0 Å². The Kier molecular flexibility index (Phi) is 4.73. The number of aromatic nitrogens is 3. The van der Waals surface area contributed by atoms with Crippen molar-refractivity contribution in [2.45, 2.75) is 20.0 Å². The maximum absolute atomic E-state index is 5.55. The van der Waals surface area contributed by atoms with Gasteiger partial charge < -0.3 is 14.5 Å². The van der Waals surface area contributed by atoms with E-state index in [1.165, 1.54) is 5.56 Å². The van der Waals surface area contributed by atoms with Gasteiger partial charge >= 0.3 is 0 Å². The molecule has 0 aliphatic rings. The van der Waals surface area contributed by atoms with Gasteiger partial charge in [0.05, 0.1) is 37.3 Å². The molecular formula is C17H20N4O2. The van der Waals surface area contributed by atoms with Gasteiger partial charge in [-0.25, -0.2) is 4.98 Å². The number of aryl methyl sites for hydroxylation is 1. The first kappa shape index (κ1) is 15.3.